The Hall–Kier alpha value is -1.33. The van der Waals surface area contributed by atoms with E-state index in [1.165, 1.54) is 6.26 Å². The van der Waals surface area contributed by atoms with E-state index in [2.05, 4.69) is 0 Å². The molecule has 0 bridgehead atoms. The number of hydroxylamine groups is 2. The van der Waals surface area contributed by atoms with Gasteiger partial charge in [-0.2, -0.15) is 0 Å². The second-order valence-corrected chi connectivity index (χ2v) is 3.05. The molecule has 2 unspecified atom stereocenters. The van der Waals surface area contributed by atoms with Crippen molar-refractivity contribution >= 4 is 5.91 Å². The molecular formula is C8H8N2O3. The minimum atomic E-state index is -0.141. The van der Waals surface area contributed by atoms with Gasteiger partial charge in [0, 0.05) is 13.1 Å². The molecule has 3 heterocycles. The Morgan fingerprint density at radius 3 is 3.00 bits per heavy atom. The summed E-state index contributed by atoms with van der Waals surface area (Å²) in [5, 5.41) is 1.76. The Kier molecular flexibility index (Phi) is 1.28. The number of nitrogens with zero attached hydrogens (tertiary/aromatic N) is 2. The van der Waals surface area contributed by atoms with Crippen LogP contribution in [0.3, 0.4) is 0 Å². The third-order valence-electron chi connectivity index (χ3n) is 2.25. The largest absolute Gasteiger partial charge is 0.459 e. The Morgan fingerprint density at radius 1 is 1.54 bits per heavy atom. The number of hydrogen-bond acceptors (Lipinski definition) is 4. The summed E-state index contributed by atoms with van der Waals surface area (Å²) in [6.07, 6.45) is 1.35. The van der Waals surface area contributed by atoms with Crippen LogP contribution in [0.1, 0.15) is 10.6 Å². The van der Waals surface area contributed by atoms with Crippen molar-refractivity contribution in [1.82, 2.24) is 9.96 Å². The van der Waals surface area contributed by atoms with Crippen LogP contribution in [0.2, 0.25) is 0 Å². The lowest BCUT2D eigenvalue weighted by Gasteiger charge is -2.12. The van der Waals surface area contributed by atoms with Crippen LogP contribution in [-0.4, -0.2) is 35.3 Å². The lowest BCUT2D eigenvalue weighted by Crippen LogP contribution is -2.31. The first-order valence-electron chi connectivity index (χ1n) is 4.14. The summed E-state index contributed by atoms with van der Waals surface area (Å²) >= 11 is 0. The van der Waals surface area contributed by atoms with Crippen molar-refractivity contribution in [3.63, 3.8) is 0 Å². The van der Waals surface area contributed by atoms with Gasteiger partial charge in [-0.3, -0.25) is 14.5 Å². The van der Waals surface area contributed by atoms with Gasteiger partial charge in [0.1, 0.15) is 0 Å². The number of furan rings is 1. The molecule has 5 nitrogen and oxygen atoms in total. The maximum atomic E-state index is 11.7. The van der Waals surface area contributed by atoms with Gasteiger partial charge < -0.3 is 4.42 Å². The summed E-state index contributed by atoms with van der Waals surface area (Å²) in [6.45, 7) is 1.50. The van der Waals surface area contributed by atoms with Crippen molar-refractivity contribution < 1.29 is 14.0 Å². The fourth-order valence-electron chi connectivity index (χ4n) is 1.53. The molecule has 2 aliphatic heterocycles. The highest BCUT2D eigenvalue weighted by molar-refractivity contribution is 5.91. The lowest BCUT2D eigenvalue weighted by molar-refractivity contribution is 0.0611. The Morgan fingerprint density at radius 2 is 2.46 bits per heavy atom. The normalized spacial score (nSPS) is 30.3. The molecule has 5 heteroatoms. The van der Waals surface area contributed by atoms with Gasteiger partial charge in [0.05, 0.1) is 6.26 Å². The zero-order valence-electron chi connectivity index (χ0n) is 6.84. The van der Waals surface area contributed by atoms with E-state index in [1.54, 1.807) is 22.1 Å². The van der Waals surface area contributed by atoms with Gasteiger partial charge in [0.2, 0.25) is 6.35 Å². The SMILES string of the molecule is O=C(c1ccco1)N1CCN2OC21. The second-order valence-electron chi connectivity index (χ2n) is 3.05. The molecule has 0 radical (unpaired) electrons. The maximum Gasteiger partial charge on any atom is 0.292 e. The Bertz CT molecular complexity index is 335. The molecule has 0 spiro atoms. The van der Waals surface area contributed by atoms with E-state index in [0.717, 1.165) is 6.54 Å². The first-order valence-corrected chi connectivity index (χ1v) is 4.14. The Balaban J connectivity index is 1.82. The topological polar surface area (TPSA) is 49.0 Å². The molecule has 0 N–H and O–H groups in total. The maximum absolute atomic E-state index is 11.7. The summed E-state index contributed by atoms with van der Waals surface area (Å²) in [5.74, 6) is 0.271. The fraction of sp³-hybridized carbons (Fsp3) is 0.375. The monoisotopic (exact) mass is 180 g/mol. The molecule has 2 fully saturated rings. The lowest BCUT2D eigenvalue weighted by atomic mass is 10.4. The van der Waals surface area contributed by atoms with Gasteiger partial charge in [-0.25, -0.2) is 0 Å². The number of amides is 1. The molecule has 1 amide bonds. The van der Waals surface area contributed by atoms with Crippen LogP contribution in [0, 0.1) is 0 Å². The standard InChI is InChI=1S/C8H8N2O3/c11-7(6-2-1-5-12-6)9-3-4-10-8(9)13-10/h1-2,5,8H,3-4H2. The van der Waals surface area contributed by atoms with Gasteiger partial charge in [0.15, 0.2) is 5.76 Å². The van der Waals surface area contributed by atoms with Crippen molar-refractivity contribution in [3.8, 4) is 0 Å². The first-order chi connectivity index (χ1) is 6.36. The highest BCUT2D eigenvalue weighted by Crippen LogP contribution is 2.30. The predicted octanol–water partition coefficient (Wildman–Crippen LogP) is 0.266. The van der Waals surface area contributed by atoms with Crippen LogP contribution < -0.4 is 0 Å². The Labute approximate surface area is 74.4 Å². The van der Waals surface area contributed by atoms with Crippen molar-refractivity contribution in [3.05, 3.63) is 24.2 Å². The average molecular weight is 180 g/mol. The van der Waals surface area contributed by atoms with Gasteiger partial charge in [0.25, 0.3) is 5.91 Å². The van der Waals surface area contributed by atoms with E-state index in [4.69, 9.17) is 9.25 Å². The number of carbonyl (C=O) groups excluding carboxylic acids is 1. The summed E-state index contributed by atoms with van der Waals surface area (Å²) in [7, 11) is 0. The zero-order valence-corrected chi connectivity index (χ0v) is 6.84. The third-order valence-corrected chi connectivity index (χ3v) is 2.25. The van der Waals surface area contributed by atoms with Gasteiger partial charge in [-0.15, -0.1) is 5.06 Å². The molecule has 1 aromatic heterocycles. The molecule has 0 aromatic carbocycles. The van der Waals surface area contributed by atoms with E-state index < -0.39 is 0 Å². The fourth-order valence-corrected chi connectivity index (χ4v) is 1.53. The number of fused-ring (bicyclic) bond motifs is 1. The molecule has 68 valence electrons. The highest BCUT2D eigenvalue weighted by Gasteiger charge is 2.50. The average Bonchev–Trinajstić information content (AvgIpc) is 2.67. The van der Waals surface area contributed by atoms with Crippen molar-refractivity contribution in [2.75, 3.05) is 13.1 Å². The van der Waals surface area contributed by atoms with Crippen LogP contribution in [0.5, 0.6) is 0 Å². The van der Waals surface area contributed by atoms with Crippen LogP contribution in [0.15, 0.2) is 22.8 Å². The molecular weight excluding hydrogens is 172 g/mol. The van der Waals surface area contributed by atoms with Gasteiger partial charge in [-0.1, -0.05) is 0 Å². The van der Waals surface area contributed by atoms with Crippen LogP contribution in [0.4, 0.5) is 0 Å². The molecule has 0 aliphatic carbocycles. The van der Waals surface area contributed by atoms with Gasteiger partial charge in [-0.05, 0) is 12.1 Å². The molecule has 2 aliphatic rings. The smallest absolute Gasteiger partial charge is 0.292 e. The predicted molar refractivity (Wildman–Crippen MR) is 41.3 cm³/mol. The number of hydrogen-bond donors (Lipinski definition) is 0. The van der Waals surface area contributed by atoms with E-state index in [0.29, 0.717) is 12.3 Å². The molecule has 1 aromatic rings. The van der Waals surface area contributed by atoms with Crippen LogP contribution in [0.25, 0.3) is 0 Å². The second kappa shape index (κ2) is 2.34. The molecule has 0 saturated carbocycles. The van der Waals surface area contributed by atoms with Crippen LogP contribution >= 0.6 is 0 Å². The van der Waals surface area contributed by atoms with Crippen molar-refractivity contribution in [2.24, 2.45) is 0 Å². The van der Waals surface area contributed by atoms with Crippen molar-refractivity contribution in [2.45, 2.75) is 6.35 Å². The molecule has 13 heavy (non-hydrogen) atoms. The third kappa shape index (κ3) is 0.976. The summed E-state index contributed by atoms with van der Waals surface area (Å²) in [5.41, 5.74) is 0. The first kappa shape index (κ1) is 7.11. The number of carbonyl (C=O) groups is 1. The molecule has 2 atom stereocenters. The minimum Gasteiger partial charge on any atom is -0.459 e. The van der Waals surface area contributed by atoms with Crippen molar-refractivity contribution in [1.29, 1.82) is 0 Å². The molecule has 2 saturated heterocycles. The van der Waals surface area contributed by atoms with E-state index in [1.807, 2.05) is 0 Å². The molecule has 3 rings (SSSR count). The highest BCUT2D eigenvalue weighted by atomic mass is 16.9. The zero-order chi connectivity index (χ0) is 8.84. The van der Waals surface area contributed by atoms with Crippen LogP contribution in [-0.2, 0) is 4.84 Å². The quantitative estimate of drug-likeness (QED) is 0.582. The van der Waals surface area contributed by atoms with E-state index in [-0.39, 0.29) is 12.3 Å². The van der Waals surface area contributed by atoms with Gasteiger partial charge >= 0.3 is 0 Å². The van der Waals surface area contributed by atoms with E-state index >= 15 is 0 Å². The minimum absolute atomic E-state index is 0.102. The summed E-state index contributed by atoms with van der Waals surface area (Å²) in [6, 6.07) is 3.36. The van der Waals surface area contributed by atoms with E-state index in [9.17, 15) is 4.79 Å². The summed E-state index contributed by atoms with van der Waals surface area (Å²) in [4.78, 5) is 18.4. The number of rotatable bonds is 1. The summed E-state index contributed by atoms with van der Waals surface area (Å²) < 4.78 is 5.01.